The molecular formula is C18H23BrN4O2S. The van der Waals surface area contributed by atoms with Crippen molar-refractivity contribution in [2.24, 2.45) is 5.92 Å². The van der Waals surface area contributed by atoms with Crippen LogP contribution in [-0.2, 0) is 11.2 Å². The number of hydrogen-bond donors (Lipinski definition) is 2. The molecule has 6 nitrogen and oxygen atoms in total. The SMILES string of the molecule is CN(CC(=O)Nc1cc(CC2CCCCC2)[nH]n1)C(=O)c1ccc(Br)s1. The van der Waals surface area contributed by atoms with Gasteiger partial charge in [0.1, 0.15) is 0 Å². The Bertz CT molecular complexity index is 767. The summed E-state index contributed by atoms with van der Waals surface area (Å²) in [5, 5.41) is 9.95. The predicted molar refractivity (Wildman–Crippen MR) is 106 cm³/mol. The van der Waals surface area contributed by atoms with Gasteiger partial charge in [-0.2, -0.15) is 5.10 Å². The summed E-state index contributed by atoms with van der Waals surface area (Å²) in [6.07, 6.45) is 7.48. The molecule has 1 aliphatic carbocycles. The van der Waals surface area contributed by atoms with Gasteiger partial charge in [-0.25, -0.2) is 0 Å². The molecule has 26 heavy (non-hydrogen) atoms. The van der Waals surface area contributed by atoms with Crippen LogP contribution in [0.1, 0.15) is 47.5 Å². The number of nitrogens with one attached hydrogen (secondary N) is 2. The van der Waals surface area contributed by atoms with Crippen molar-refractivity contribution in [1.82, 2.24) is 15.1 Å². The number of aromatic nitrogens is 2. The highest BCUT2D eigenvalue weighted by molar-refractivity contribution is 9.11. The Kier molecular flexibility index (Phi) is 6.48. The molecule has 8 heteroatoms. The number of amides is 2. The Labute approximate surface area is 165 Å². The molecular weight excluding hydrogens is 416 g/mol. The van der Waals surface area contributed by atoms with E-state index in [1.54, 1.807) is 13.1 Å². The third-order valence-electron chi connectivity index (χ3n) is 4.64. The van der Waals surface area contributed by atoms with Crippen molar-refractivity contribution in [2.45, 2.75) is 38.5 Å². The Balaban J connectivity index is 1.49. The average Bonchev–Trinajstić information content (AvgIpc) is 3.24. The monoisotopic (exact) mass is 438 g/mol. The molecule has 1 saturated carbocycles. The van der Waals surface area contributed by atoms with Gasteiger partial charge in [-0.05, 0) is 40.4 Å². The minimum Gasteiger partial charge on any atom is -0.332 e. The standard InChI is InChI=1S/C18H23BrN4O2S/c1-23(18(25)14-7-8-15(19)26-14)11-17(24)20-16-10-13(21-22-16)9-12-5-3-2-4-6-12/h7-8,10,12H,2-6,9,11H2,1H3,(H2,20,21,22,24). The topological polar surface area (TPSA) is 78.1 Å². The van der Waals surface area contributed by atoms with Gasteiger partial charge in [0.15, 0.2) is 5.82 Å². The Morgan fingerprint density at radius 1 is 1.35 bits per heavy atom. The molecule has 2 amide bonds. The van der Waals surface area contributed by atoms with Gasteiger partial charge < -0.3 is 10.2 Å². The zero-order valence-electron chi connectivity index (χ0n) is 14.8. The summed E-state index contributed by atoms with van der Waals surface area (Å²) < 4.78 is 0.890. The molecule has 1 fully saturated rings. The molecule has 0 aliphatic heterocycles. The highest BCUT2D eigenvalue weighted by atomic mass is 79.9. The van der Waals surface area contributed by atoms with Crippen LogP contribution >= 0.6 is 27.3 Å². The van der Waals surface area contributed by atoms with Crippen molar-refractivity contribution < 1.29 is 9.59 Å². The summed E-state index contributed by atoms with van der Waals surface area (Å²) in [5.74, 6) is 0.796. The minimum atomic E-state index is -0.257. The second-order valence-corrected chi connectivity index (χ2v) is 9.26. The quantitative estimate of drug-likeness (QED) is 0.713. The lowest BCUT2D eigenvalue weighted by molar-refractivity contribution is -0.116. The molecule has 2 aromatic rings. The molecule has 2 heterocycles. The van der Waals surface area contributed by atoms with Gasteiger partial charge in [0.25, 0.3) is 5.91 Å². The second-order valence-electron chi connectivity index (χ2n) is 6.80. The zero-order chi connectivity index (χ0) is 18.5. The van der Waals surface area contributed by atoms with Gasteiger partial charge in [-0.1, -0.05) is 32.1 Å². The van der Waals surface area contributed by atoms with Crippen LogP contribution in [0.3, 0.4) is 0 Å². The molecule has 1 aliphatic rings. The van der Waals surface area contributed by atoms with Crippen LogP contribution in [0.2, 0.25) is 0 Å². The number of halogens is 1. The number of anilines is 1. The van der Waals surface area contributed by atoms with Crippen molar-refractivity contribution in [3.8, 4) is 0 Å². The third-order valence-corrected chi connectivity index (χ3v) is 6.25. The van der Waals surface area contributed by atoms with Gasteiger partial charge in [0.05, 0.1) is 15.2 Å². The average molecular weight is 439 g/mol. The van der Waals surface area contributed by atoms with E-state index in [4.69, 9.17) is 0 Å². The molecule has 0 unspecified atom stereocenters. The van der Waals surface area contributed by atoms with E-state index in [2.05, 4.69) is 31.4 Å². The van der Waals surface area contributed by atoms with Gasteiger partial charge in [0.2, 0.25) is 5.91 Å². The van der Waals surface area contributed by atoms with E-state index in [0.717, 1.165) is 15.9 Å². The first-order valence-corrected chi connectivity index (χ1v) is 10.5. The second kappa shape index (κ2) is 8.81. The molecule has 3 rings (SSSR count). The number of carbonyl (C=O) groups excluding carboxylic acids is 2. The largest absolute Gasteiger partial charge is 0.332 e. The van der Waals surface area contributed by atoms with Crippen molar-refractivity contribution in [3.63, 3.8) is 0 Å². The van der Waals surface area contributed by atoms with Gasteiger partial charge in [0, 0.05) is 18.8 Å². The van der Waals surface area contributed by atoms with E-state index in [9.17, 15) is 9.59 Å². The van der Waals surface area contributed by atoms with Crippen LogP contribution < -0.4 is 5.32 Å². The first kappa shape index (κ1) is 19.1. The minimum absolute atomic E-state index is 0.0147. The summed E-state index contributed by atoms with van der Waals surface area (Å²) in [7, 11) is 1.62. The zero-order valence-corrected chi connectivity index (χ0v) is 17.2. The first-order valence-electron chi connectivity index (χ1n) is 8.86. The molecule has 0 spiro atoms. The van der Waals surface area contributed by atoms with E-state index >= 15 is 0 Å². The maximum atomic E-state index is 12.3. The number of thiophene rings is 1. The number of H-pyrrole nitrogens is 1. The summed E-state index contributed by atoms with van der Waals surface area (Å²) in [5.41, 5.74) is 1.06. The molecule has 0 radical (unpaired) electrons. The van der Waals surface area contributed by atoms with Gasteiger partial charge in [-0.15, -0.1) is 11.3 Å². The van der Waals surface area contributed by atoms with Crippen molar-refractivity contribution in [1.29, 1.82) is 0 Å². The highest BCUT2D eigenvalue weighted by Gasteiger charge is 2.18. The van der Waals surface area contributed by atoms with Crippen LogP contribution in [-0.4, -0.2) is 40.5 Å². The van der Waals surface area contributed by atoms with Crippen LogP contribution in [0, 0.1) is 5.92 Å². The van der Waals surface area contributed by atoms with E-state index in [1.807, 2.05) is 12.1 Å². The molecule has 2 aromatic heterocycles. The summed E-state index contributed by atoms with van der Waals surface area (Å²) in [4.78, 5) is 26.5. The maximum absolute atomic E-state index is 12.3. The van der Waals surface area contributed by atoms with Crippen LogP contribution in [0.25, 0.3) is 0 Å². The van der Waals surface area contributed by atoms with E-state index in [-0.39, 0.29) is 18.4 Å². The number of rotatable bonds is 6. The van der Waals surface area contributed by atoms with Gasteiger partial charge in [-0.3, -0.25) is 14.7 Å². The molecule has 0 aromatic carbocycles. The Morgan fingerprint density at radius 3 is 2.81 bits per heavy atom. The number of aromatic amines is 1. The molecule has 0 bridgehead atoms. The Hall–Kier alpha value is -1.67. The number of carbonyl (C=O) groups is 2. The lowest BCUT2D eigenvalue weighted by atomic mass is 9.86. The van der Waals surface area contributed by atoms with E-state index < -0.39 is 0 Å². The summed E-state index contributed by atoms with van der Waals surface area (Å²) >= 11 is 4.69. The fourth-order valence-electron chi connectivity index (χ4n) is 3.32. The highest BCUT2D eigenvalue weighted by Crippen LogP contribution is 2.27. The molecule has 140 valence electrons. The fourth-order valence-corrected chi connectivity index (χ4v) is 4.70. The molecule has 0 saturated heterocycles. The number of nitrogens with zero attached hydrogens (tertiary/aromatic N) is 2. The van der Waals surface area contributed by atoms with E-state index in [0.29, 0.717) is 16.6 Å². The lowest BCUT2D eigenvalue weighted by Gasteiger charge is -2.20. The van der Waals surface area contributed by atoms with Crippen molar-refractivity contribution >= 4 is 44.9 Å². The van der Waals surface area contributed by atoms with Crippen LogP contribution in [0.5, 0.6) is 0 Å². The number of likely N-dealkylation sites (N-methyl/N-ethyl adjacent to an activating group) is 1. The smallest absolute Gasteiger partial charge is 0.264 e. The molecule has 2 N–H and O–H groups in total. The fraction of sp³-hybridized carbons (Fsp3) is 0.500. The first-order chi connectivity index (χ1) is 12.5. The molecule has 0 atom stereocenters. The van der Waals surface area contributed by atoms with E-state index in [1.165, 1.54) is 48.3 Å². The normalized spacial score (nSPS) is 15.0. The third kappa shape index (κ3) is 5.17. The predicted octanol–water partition coefficient (Wildman–Crippen LogP) is 4.07. The Morgan fingerprint density at radius 2 is 2.12 bits per heavy atom. The van der Waals surface area contributed by atoms with Crippen LogP contribution in [0.15, 0.2) is 22.0 Å². The lowest BCUT2D eigenvalue weighted by Crippen LogP contribution is -2.34. The van der Waals surface area contributed by atoms with Crippen LogP contribution in [0.4, 0.5) is 5.82 Å². The van der Waals surface area contributed by atoms with Gasteiger partial charge >= 0.3 is 0 Å². The maximum Gasteiger partial charge on any atom is 0.264 e. The van der Waals surface area contributed by atoms with Crippen molar-refractivity contribution in [2.75, 3.05) is 18.9 Å². The number of hydrogen-bond acceptors (Lipinski definition) is 4. The summed E-state index contributed by atoms with van der Waals surface area (Å²) in [6, 6.07) is 5.46. The van der Waals surface area contributed by atoms with Crippen molar-refractivity contribution in [3.05, 3.63) is 32.6 Å². The summed E-state index contributed by atoms with van der Waals surface area (Å²) in [6.45, 7) is -0.0147.